The molecular formula is C14H18F2N2O3. The molecule has 1 aliphatic rings. The molecule has 1 N–H and O–H groups in total. The highest BCUT2D eigenvalue weighted by molar-refractivity contribution is 5.93. The Bertz CT molecular complexity index is 485. The largest absolute Gasteiger partial charge is 0.433 e. The Labute approximate surface area is 121 Å². The van der Waals surface area contributed by atoms with Gasteiger partial charge in [-0.3, -0.25) is 9.69 Å². The number of benzene rings is 1. The molecule has 1 unspecified atom stereocenters. The van der Waals surface area contributed by atoms with E-state index in [-0.39, 0.29) is 30.0 Å². The first kappa shape index (κ1) is 15.7. The highest BCUT2D eigenvalue weighted by Gasteiger charge is 2.19. The molecule has 0 aromatic heterocycles. The Hall–Kier alpha value is -1.73. The van der Waals surface area contributed by atoms with Crippen molar-refractivity contribution in [3.8, 4) is 5.75 Å². The third-order valence-corrected chi connectivity index (χ3v) is 3.07. The summed E-state index contributed by atoms with van der Waals surface area (Å²) in [5.74, 6) is -0.314. The minimum absolute atomic E-state index is 0.0452. The molecule has 5 nitrogen and oxygen atoms in total. The number of amides is 1. The number of anilines is 1. The van der Waals surface area contributed by atoms with Gasteiger partial charge in [-0.05, 0) is 19.1 Å². The van der Waals surface area contributed by atoms with Gasteiger partial charge in [0.05, 0.1) is 24.9 Å². The van der Waals surface area contributed by atoms with Crippen LogP contribution in [0.3, 0.4) is 0 Å². The van der Waals surface area contributed by atoms with Crippen LogP contribution in [0.2, 0.25) is 0 Å². The van der Waals surface area contributed by atoms with Gasteiger partial charge in [-0.25, -0.2) is 0 Å². The third-order valence-electron chi connectivity index (χ3n) is 3.07. The Kier molecular flexibility index (Phi) is 5.46. The zero-order valence-corrected chi connectivity index (χ0v) is 11.7. The lowest BCUT2D eigenvalue weighted by Gasteiger charge is -2.30. The average molecular weight is 300 g/mol. The number of nitrogens with one attached hydrogen (secondary N) is 1. The van der Waals surface area contributed by atoms with E-state index in [2.05, 4.69) is 10.1 Å². The predicted octanol–water partition coefficient (Wildman–Crippen LogP) is 1.95. The number of rotatable bonds is 5. The van der Waals surface area contributed by atoms with Crippen molar-refractivity contribution in [2.24, 2.45) is 0 Å². The molecule has 21 heavy (non-hydrogen) atoms. The number of halogens is 2. The van der Waals surface area contributed by atoms with Crippen molar-refractivity contribution in [3.63, 3.8) is 0 Å². The maximum absolute atomic E-state index is 12.3. The lowest BCUT2D eigenvalue weighted by Crippen LogP contribution is -2.44. The van der Waals surface area contributed by atoms with E-state index in [0.29, 0.717) is 19.7 Å². The molecule has 0 spiro atoms. The second kappa shape index (κ2) is 7.33. The van der Waals surface area contributed by atoms with E-state index in [4.69, 9.17) is 4.74 Å². The average Bonchev–Trinajstić information content (AvgIpc) is 2.40. The predicted molar refractivity (Wildman–Crippen MR) is 73.6 cm³/mol. The molecule has 1 atom stereocenters. The first-order valence-corrected chi connectivity index (χ1v) is 6.72. The van der Waals surface area contributed by atoms with E-state index in [1.54, 1.807) is 12.1 Å². The number of hydrogen-bond acceptors (Lipinski definition) is 4. The SMILES string of the molecule is CC1CN(CC(=O)Nc2ccccc2OC(F)F)CCO1. The Morgan fingerprint density at radius 3 is 3.00 bits per heavy atom. The fourth-order valence-corrected chi connectivity index (χ4v) is 2.20. The zero-order valence-electron chi connectivity index (χ0n) is 11.7. The first-order valence-electron chi connectivity index (χ1n) is 6.72. The van der Waals surface area contributed by atoms with Crippen molar-refractivity contribution >= 4 is 11.6 Å². The van der Waals surface area contributed by atoms with Gasteiger partial charge in [0.2, 0.25) is 5.91 Å². The maximum Gasteiger partial charge on any atom is 0.387 e. The highest BCUT2D eigenvalue weighted by atomic mass is 19.3. The summed E-state index contributed by atoms with van der Waals surface area (Å²) in [6, 6.07) is 6.12. The van der Waals surface area contributed by atoms with Crippen LogP contribution in [0.15, 0.2) is 24.3 Å². The van der Waals surface area contributed by atoms with Crippen molar-refractivity contribution in [3.05, 3.63) is 24.3 Å². The quantitative estimate of drug-likeness (QED) is 0.903. The summed E-state index contributed by atoms with van der Waals surface area (Å²) in [6.45, 7) is 1.13. The molecule has 0 radical (unpaired) electrons. The van der Waals surface area contributed by atoms with Gasteiger partial charge in [-0.15, -0.1) is 0 Å². The fourth-order valence-electron chi connectivity index (χ4n) is 2.20. The molecular weight excluding hydrogens is 282 g/mol. The fraction of sp³-hybridized carbons (Fsp3) is 0.500. The monoisotopic (exact) mass is 300 g/mol. The standard InChI is InChI=1S/C14H18F2N2O3/c1-10-8-18(6-7-20-10)9-13(19)17-11-4-2-3-5-12(11)21-14(15)16/h2-5,10,14H,6-9H2,1H3,(H,17,19). The summed E-state index contributed by atoms with van der Waals surface area (Å²) < 4.78 is 34.4. The first-order chi connectivity index (χ1) is 10.0. The van der Waals surface area contributed by atoms with Crippen LogP contribution < -0.4 is 10.1 Å². The van der Waals surface area contributed by atoms with Crippen LogP contribution >= 0.6 is 0 Å². The Balaban J connectivity index is 1.93. The van der Waals surface area contributed by atoms with Gasteiger partial charge in [-0.2, -0.15) is 8.78 Å². The van der Waals surface area contributed by atoms with Crippen molar-refractivity contribution in [2.75, 3.05) is 31.6 Å². The molecule has 0 aliphatic carbocycles. The van der Waals surface area contributed by atoms with Gasteiger partial charge < -0.3 is 14.8 Å². The van der Waals surface area contributed by atoms with Crippen LogP contribution in [0.4, 0.5) is 14.5 Å². The topological polar surface area (TPSA) is 50.8 Å². The molecule has 1 aromatic carbocycles. The van der Waals surface area contributed by atoms with Crippen LogP contribution in [0, 0.1) is 0 Å². The molecule has 1 aromatic rings. The molecule has 1 fully saturated rings. The summed E-state index contributed by atoms with van der Waals surface area (Å²) in [6.07, 6.45) is 0.0843. The van der Waals surface area contributed by atoms with Gasteiger partial charge in [0.25, 0.3) is 0 Å². The number of alkyl halides is 2. The lowest BCUT2D eigenvalue weighted by molar-refractivity contribution is -0.119. The molecule has 2 rings (SSSR count). The lowest BCUT2D eigenvalue weighted by atomic mass is 10.2. The molecule has 1 heterocycles. The molecule has 1 saturated heterocycles. The van der Waals surface area contributed by atoms with Crippen molar-refractivity contribution in [2.45, 2.75) is 19.6 Å². The maximum atomic E-state index is 12.3. The Morgan fingerprint density at radius 1 is 1.52 bits per heavy atom. The van der Waals surface area contributed by atoms with E-state index >= 15 is 0 Å². The number of para-hydroxylation sites is 2. The van der Waals surface area contributed by atoms with Gasteiger partial charge in [0.1, 0.15) is 5.75 Å². The second-order valence-electron chi connectivity index (χ2n) is 4.84. The Morgan fingerprint density at radius 2 is 2.29 bits per heavy atom. The van der Waals surface area contributed by atoms with Crippen molar-refractivity contribution in [1.29, 1.82) is 0 Å². The molecule has 7 heteroatoms. The van der Waals surface area contributed by atoms with Gasteiger partial charge >= 0.3 is 6.61 Å². The van der Waals surface area contributed by atoms with Crippen LogP contribution in [-0.4, -0.2) is 49.8 Å². The number of morpholine rings is 1. The normalized spacial score (nSPS) is 19.5. The number of hydrogen-bond donors (Lipinski definition) is 1. The van der Waals surface area contributed by atoms with Crippen LogP contribution in [-0.2, 0) is 9.53 Å². The van der Waals surface area contributed by atoms with Crippen LogP contribution in [0.1, 0.15) is 6.92 Å². The molecule has 1 aliphatic heterocycles. The summed E-state index contributed by atoms with van der Waals surface area (Å²) in [5, 5.41) is 2.60. The zero-order chi connectivity index (χ0) is 15.2. The minimum atomic E-state index is -2.93. The highest BCUT2D eigenvalue weighted by Crippen LogP contribution is 2.25. The van der Waals surface area contributed by atoms with E-state index in [0.717, 1.165) is 0 Å². The molecule has 0 saturated carbocycles. The number of ether oxygens (including phenoxy) is 2. The van der Waals surface area contributed by atoms with E-state index in [9.17, 15) is 13.6 Å². The van der Waals surface area contributed by atoms with Crippen LogP contribution in [0.5, 0.6) is 5.75 Å². The number of carbonyl (C=O) groups is 1. The summed E-state index contributed by atoms with van der Waals surface area (Å²) >= 11 is 0. The van der Waals surface area contributed by atoms with E-state index in [1.807, 2.05) is 11.8 Å². The van der Waals surface area contributed by atoms with E-state index < -0.39 is 6.61 Å². The molecule has 1 amide bonds. The van der Waals surface area contributed by atoms with E-state index in [1.165, 1.54) is 12.1 Å². The van der Waals surface area contributed by atoms with Crippen LogP contribution in [0.25, 0.3) is 0 Å². The molecule has 0 bridgehead atoms. The number of carbonyl (C=O) groups excluding carboxylic acids is 1. The molecule has 116 valence electrons. The smallest absolute Gasteiger partial charge is 0.387 e. The van der Waals surface area contributed by atoms with Gasteiger partial charge in [0, 0.05) is 13.1 Å². The third kappa shape index (κ3) is 4.95. The van der Waals surface area contributed by atoms with Gasteiger partial charge in [0.15, 0.2) is 0 Å². The second-order valence-corrected chi connectivity index (χ2v) is 4.84. The summed E-state index contributed by atoms with van der Waals surface area (Å²) in [5.41, 5.74) is 0.240. The van der Waals surface area contributed by atoms with Gasteiger partial charge in [-0.1, -0.05) is 12.1 Å². The van der Waals surface area contributed by atoms with Crippen molar-refractivity contribution in [1.82, 2.24) is 4.90 Å². The summed E-state index contributed by atoms with van der Waals surface area (Å²) in [7, 11) is 0. The van der Waals surface area contributed by atoms with Crippen molar-refractivity contribution < 1.29 is 23.0 Å². The number of nitrogens with zero attached hydrogens (tertiary/aromatic N) is 1. The minimum Gasteiger partial charge on any atom is -0.433 e. The summed E-state index contributed by atoms with van der Waals surface area (Å²) in [4.78, 5) is 13.9.